The van der Waals surface area contributed by atoms with E-state index in [4.69, 9.17) is 15.5 Å². The van der Waals surface area contributed by atoms with Crippen LogP contribution in [0.25, 0.3) is 0 Å². The largest absolute Gasteiger partial charge is 0.484 e. The molecule has 2 aromatic carbocycles. The van der Waals surface area contributed by atoms with E-state index in [0.29, 0.717) is 11.3 Å². The predicted octanol–water partition coefficient (Wildman–Crippen LogP) is 5.89. The first-order valence-corrected chi connectivity index (χ1v) is 12.8. The van der Waals surface area contributed by atoms with E-state index in [1.807, 2.05) is 38.1 Å². The van der Waals surface area contributed by atoms with Crippen LogP contribution in [-0.2, 0) is 17.6 Å². The molecule has 1 heterocycles. The molecule has 3 aromatic rings. The van der Waals surface area contributed by atoms with Gasteiger partial charge >= 0.3 is 0 Å². The van der Waals surface area contributed by atoms with Crippen LogP contribution >= 0.6 is 11.3 Å². The minimum atomic E-state index is -0.528. The van der Waals surface area contributed by atoms with E-state index in [-0.39, 0.29) is 12.5 Å². The maximum absolute atomic E-state index is 13.6. The molecule has 182 valence electrons. The minimum absolute atomic E-state index is 0.112. The van der Waals surface area contributed by atoms with Gasteiger partial charge in [0.05, 0.1) is 5.56 Å². The van der Waals surface area contributed by atoms with Gasteiger partial charge in [-0.1, -0.05) is 31.0 Å². The number of aliphatic imine (C=N–C) groups is 1. The molecule has 1 aromatic heterocycles. The van der Waals surface area contributed by atoms with E-state index in [1.54, 1.807) is 29.7 Å². The Kier molecular flexibility index (Phi) is 7.98. The molecule has 0 aliphatic heterocycles. The summed E-state index contributed by atoms with van der Waals surface area (Å²) < 4.78 is 5.40. The van der Waals surface area contributed by atoms with Crippen LogP contribution in [0, 0.1) is 13.8 Å². The first-order chi connectivity index (χ1) is 16.9. The summed E-state index contributed by atoms with van der Waals surface area (Å²) in [5.74, 6) is -0.0997. The Labute approximate surface area is 210 Å². The second-order valence-corrected chi connectivity index (χ2v) is 10.1. The van der Waals surface area contributed by atoms with Gasteiger partial charge in [0, 0.05) is 16.8 Å². The van der Waals surface area contributed by atoms with Crippen molar-refractivity contribution < 1.29 is 14.3 Å². The van der Waals surface area contributed by atoms with Crippen molar-refractivity contribution in [1.82, 2.24) is 0 Å². The molecule has 1 aliphatic rings. The highest BCUT2D eigenvalue weighted by molar-refractivity contribution is 7.16. The molecule has 2 amide bonds. The SMILES string of the molecule is Cc1cc(C)cc(NC(=O)c2c(N=Cc3cccc(OCC(N)=O)c3)sc3c2CCCCCC3)c1. The number of aryl methyl sites for hydroxylation is 3. The maximum atomic E-state index is 13.6. The Hall–Kier alpha value is -3.45. The Morgan fingerprint density at radius 1 is 1.06 bits per heavy atom. The number of hydrogen-bond donors (Lipinski definition) is 2. The van der Waals surface area contributed by atoms with Crippen LogP contribution < -0.4 is 15.8 Å². The number of rotatable bonds is 7. The number of ether oxygens (including phenoxy) is 1. The van der Waals surface area contributed by atoms with Crippen molar-refractivity contribution >= 4 is 40.1 Å². The molecule has 0 spiro atoms. The van der Waals surface area contributed by atoms with Crippen molar-refractivity contribution in [3.05, 3.63) is 75.2 Å². The van der Waals surface area contributed by atoms with Crippen molar-refractivity contribution in [2.24, 2.45) is 10.7 Å². The van der Waals surface area contributed by atoms with E-state index in [2.05, 4.69) is 11.4 Å². The number of benzene rings is 2. The van der Waals surface area contributed by atoms with E-state index >= 15 is 0 Å². The van der Waals surface area contributed by atoms with E-state index < -0.39 is 5.91 Å². The van der Waals surface area contributed by atoms with Crippen LogP contribution in [0.5, 0.6) is 5.75 Å². The fourth-order valence-corrected chi connectivity index (χ4v) is 5.67. The number of carbonyl (C=O) groups is 2. The Morgan fingerprint density at radius 3 is 2.54 bits per heavy atom. The summed E-state index contributed by atoms with van der Waals surface area (Å²) in [6.45, 7) is 3.88. The molecule has 3 N–H and O–H groups in total. The first-order valence-electron chi connectivity index (χ1n) is 12.0. The van der Waals surface area contributed by atoms with Crippen molar-refractivity contribution in [1.29, 1.82) is 0 Å². The third-order valence-corrected chi connectivity index (χ3v) is 7.13. The molecule has 0 saturated carbocycles. The lowest BCUT2D eigenvalue weighted by Crippen LogP contribution is -2.20. The topological polar surface area (TPSA) is 93.8 Å². The van der Waals surface area contributed by atoms with Crippen molar-refractivity contribution in [2.45, 2.75) is 52.4 Å². The van der Waals surface area contributed by atoms with Gasteiger partial charge in [-0.2, -0.15) is 0 Å². The van der Waals surface area contributed by atoms with Crippen LogP contribution in [0.2, 0.25) is 0 Å². The van der Waals surface area contributed by atoms with Gasteiger partial charge in [-0.15, -0.1) is 11.3 Å². The lowest BCUT2D eigenvalue weighted by molar-refractivity contribution is -0.119. The zero-order chi connectivity index (χ0) is 24.8. The summed E-state index contributed by atoms with van der Waals surface area (Å²) in [4.78, 5) is 30.6. The summed E-state index contributed by atoms with van der Waals surface area (Å²) in [6.07, 6.45) is 8.24. The van der Waals surface area contributed by atoms with Gasteiger partial charge in [0.15, 0.2) is 6.61 Å². The lowest BCUT2D eigenvalue weighted by Gasteiger charge is -2.12. The zero-order valence-corrected chi connectivity index (χ0v) is 21.0. The molecule has 35 heavy (non-hydrogen) atoms. The second kappa shape index (κ2) is 11.3. The number of amides is 2. The molecule has 0 unspecified atom stereocenters. The van der Waals surface area contributed by atoms with Gasteiger partial charge in [0.2, 0.25) is 0 Å². The normalized spacial score (nSPS) is 13.7. The summed E-state index contributed by atoms with van der Waals surface area (Å²) in [5.41, 5.74) is 10.8. The first kappa shape index (κ1) is 24.7. The molecule has 4 rings (SSSR count). The zero-order valence-electron chi connectivity index (χ0n) is 20.2. The van der Waals surface area contributed by atoms with E-state index in [0.717, 1.165) is 58.6 Å². The van der Waals surface area contributed by atoms with Crippen molar-refractivity contribution in [3.63, 3.8) is 0 Å². The van der Waals surface area contributed by atoms with E-state index in [9.17, 15) is 9.59 Å². The molecule has 6 nitrogen and oxygen atoms in total. The Balaban J connectivity index is 1.66. The number of nitrogens with one attached hydrogen (secondary N) is 1. The molecular weight excluding hydrogens is 458 g/mol. The van der Waals surface area contributed by atoms with Gasteiger partial charge in [-0.25, -0.2) is 4.99 Å². The third-order valence-electron chi connectivity index (χ3n) is 5.93. The third kappa shape index (κ3) is 6.57. The number of carbonyl (C=O) groups excluding carboxylic acids is 2. The van der Waals surface area contributed by atoms with Gasteiger partial charge in [0.1, 0.15) is 10.8 Å². The fraction of sp³-hybridized carbons (Fsp3) is 0.321. The molecule has 0 bridgehead atoms. The maximum Gasteiger partial charge on any atom is 0.259 e. The second-order valence-electron chi connectivity index (χ2n) is 9.01. The van der Waals surface area contributed by atoms with Crippen LogP contribution in [0.1, 0.15) is 63.2 Å². The Bertz CT molecular complexity index is 1240. The summed E-state index contributed by atoms with van der Waals surface area (Å²) in [7, 11) is 0. The number of fused-ring (bicyclic) bond motifs is 1. The van der Waals surface area contributed by atoms with Crippen LogP contribution in [0.4, 0.5) is 10.7 Å². The number of nitrogens with two attached hydrogens (primary N) is 1. The number of anilines is 1. The predicted molar refractivity (Wildman–Crippen MR) is 142 cm³/mol. The molecule has 0 saturated heterocycles. The van der Waals surface area contributed by atoms with Gasteiger partial charge in [0.25, 0.3) is 11.8 Å². The minimum Gasteiger partial charge on any atom is -0.484 e. The molecule has 0 radical (unpaired) electrons. The van der Waals surface area contributed by atoms with Gasteiger partial charge in [-0.3, -0.25) is 9.59 Å². The number of nitrogens with zero attached hydrogens (tertiary/aromatic N) is 1. The van der Waals surface area contributed by atoms with E-state index in [1.165, 1.54) is 17.7 Å². The highest BCUT2D eigenvalue weighted by Gasteiger charge is 2.24. The number of hydrogen-bond acceptors (Lipinski definition) is 5. The van der Waals surface area contributed by atoms with Crippen LogP contribution in [0.15, 0.2) is 47.5 Å². The lowest BCUT2D eigenvalue weighted by atomic mass is 9.96. The molecule has 0 fully saturated rings. The smallest absolute Gasteiger partial charge is 0.259 e. The molecular formula is C28H31N3O3S. The average Bonchev–Trinajstić information content (AvgIpc) is 3.12. The molecule has 0 atom stereocenters. The highest BCUT2D eigenvalue weighted by atomic mass is 32.1. The quantitative estimate of drug-likeness (QED) is 0.405. The van der Waals surface area contributed by atoms with Crippen molar-refractivity contribution in [3.8, 4) is 5.75 Å². The monoisotopic (exact) mass is 489 g/mol. The highest BCUT2D eigenvalue weighted by Crippen LogP contribution is 2.39. The summed E-state index contributed by atoms with van der Waals surface area (Å²) >= 11 is 1.62. The number of primary amides is 1. The van der Waals surface area contributed by atoms with Gasteiger partial charge in [-0.05, 0) is 86.1 Å². The summed E-state index contributed by atoms with van der Waals surface area (Å²) in [5, 5.41) is 3.84. The number of thiophene rings is 1. The average molecular weight is 490 g/mol. The van der Waals surface area contributed by atoms with Crippen molar-refractivity contribution in [2.75, 3.05) is 11.9 Å². The van der Waals surface area contributed by atoms with Gasteiger partial charge < -0.3 is 15.8 Å². The molecule has 7 heteroatoms. The fourth-order valence-electron chi connectivity index (χ4n) is 4.44. The van der Waals surface area contributed by atoms with Crippen LogP contribution in [-0.4, -0.2) is 24.6 Å². The molecule has 1 aliphatic carbocycles. The van der Waals surface area contributed by atoms with Crippen LogP contribution in [0.3, 0.4) is 0 Å². The standard InChI is InChI=1S/C28H31N3O3S/c1-18-12-19(2)14-21(13-18)31-27(33)26-23-10-5-3-4-6-11-24(23)35-28(26)30-16-20-8-7-9-22(15-20)34-17-25(29)32/h7-9,12-16H,3-6,10-11,17H2,1-2H3,(H2,29,32)(H,31,33). The summed E-state index contributed by atoms with van der Waals surface area (Å²) in [6, 6.07) is 13.4. The Morgan fingerprint density at radius 2 is 1.80 bits per heavy atom.